The van der Waals surface area contributed by atoms with E-state index >= 15 is 0 Å². The predicted octanol–water partition coefficient (Wildman–Crippen LogP) is 1.59. The monoisotopic (exact) mass is 198 g/mol. The summed E-state index contributed by atoms with van der Waals surface area (Å²) in [5, 5.41) is 17.0. The van der Waals surface area contributed by atoms with E-state index in [0.717, 1.165) is 12.1 Å². The average Bonchev–Trinajstić information content (AvgIpc) is 2.16. The van der Waals surface area contributed by atoms with Gasteiger partial charge in [-0.25, -0.2) is 18.6 Å². The van der Waals surface area contributed by atoms with Crippen molar-refractivity contribution in [2.75, 3.05) is 0 Å². The molecule has 1 aromatic heterocycles. The van der Waals surface area contributed by atoms with Crippen LogP contribution in [0.5, 0.6) is 0 Å². The highest BCUT2D eigenvalue weighted by atomic mass is 19.3. The van der Waals surface area contributed by atoms with Crippen LogP contribution in [0, 0.1) is 11.3 Å². The number of nitriles is 1. The fraction of sp³-hybridized carbons (Fsp3) is 0.125. The molecule has 0 aliphatic carbocycles. The molecule has 1 rings (SSSR count). The van der Waals surface area contributed by atoms with Crippen LogP contribution in [0.1, 0.15) is 28.2 Å². The molecule has 0 saturated heterocycles. The molecule has 4 nitrogen and oxygen atoms in total. The minimum absolute atomic E-state index is 0.378. The van der Waals surface area contributed by atoms with Gasteiger partial charge in [-0.2, -0.15) is 5.26 Å². The Morgan fingerprint density at radius 2 is 2.21 bits per heavy atom. The van der Waals surface area contributed by atoms with E-state index in [1.54, 1.807) is 0 Å². The summed E-state index contributed by atoms with van der Waals surface area (Å²) < 4.78 is 24.2. The summed E-state index contributed by atoms with van der Waals surface area (Å²) in [6, 6.07) is 3.27. The first-order valence-electron chi connectivity index (χ1n) is 3.48. The lowest BCUT2D eigenvalue weighted by Crippen LogP contribution is -2.04. The quantitative estimate of drug-likeness (QED) is 0.782. The van der Waals surface area contributed by atoms with E-state index in [4.69, 9.17) is 10.4 Å². The SMILES string of the molecule is N#Cc1nc(C(F)F)ccc1C(=O)O. The van der Waals surface area contributed by atoms with E-state index < -0.39 is 23.8 Å². The normalized spacial score (nSPS) is 9.86. The van der Waals surface area contributed by atoms with Gasteiger partial charge in [0.1, 0.15) is 11.8 Å². The topological polar surface area (TPSA) is 74.0 Å². The number of carbonyl (C=O) groups is 1. The first-order valence-corrected chi connectivity index (χ1v) is 3.48. The van der Waals surface area contributed by atoms with Crippen LogP contribution in [0.15, 0.2) is 12.1 Å². The van der Waals surface area contributed by atoms with E-state index in [2.05, 4.69) is 4.98 Å². The molecule has 0 spiro atoms. The average molecular weight is 198 g/mol. The molecule has 0 radical (unpaired) electrons. The maximum absolute atomic E-state index is 12.1. The lowest BCUT2D eigenvalue weighted by molar-refractivity contribution is 0.0695. The number of rotatable bonds is 2. The molecule has 0 aliphatic heterocycles. The maximum Gasteiger partial charge on any atom is 0.338 e. The minimum Gasteiger partial charge on any atom is -0.478 e. The number of nitrogens with zero attached hydrogens (tertiary/aromatic N) is 2. The Balaban J connectivity index is 3.27. The number of aromatic carboxylic acids is 1. The highest BCUT2D eigenvalue weighted by Gasteiger charge is 2.15. The Hall–Kier alpha value is -2.03. The molecule has 0 amide bonds. The molecule has 6 heteroatoms. The smallest absolute Gasteiger partial charge is 0.338 e. The van der Waals surface area contributed by atoms with Gasteiger partial charge >= 0.3 is 5.97 Å². The number of hydrogen-bond acceptors (Lipinski definition) is 3. The molecule has 72 valence electrons. The standard InChI is InChI=1S/C8H4F2N2O2/c9-7(10)5-2-1-4(8(13)14)6(3-11)12-5/h1-2,7H,(H,13,14). The molecule has 14 heavy (non-hydrogen) atoms. The first-order chi connectivity index (χ1) is 6.56. The third kappa shape index (κ3) is 1.82. The zero-order valence-electron chi connectivity index (χ0n) is 6.74. The Kier molecular flexibility index (Phi) is 2.72. The van der Waals surface area contributed by atoms with Crippen LogP contribution >= 0.6 is 0 Å². The molecular weight excluding hydrogens is 194 g/mol. The molecule has 0 fully saturated rings. The van der Waals surface area contributed by atoms with Gasteiger partial charge in [0.05, 0.1) is 5.56 Å². The van der Waals surface area contributed by atoms with E-state index in [1.165, 1.54) is 6.07 Å². The summed E-state index contributed by atoms with van der Waals surface area (Å²) in [6.45, 7) is 0. The maximum atomic E-state index is 12.1. The lowest BCUT2D eigenvalue weighted by atomic mass is 10.2. The zero-order valence-corrected chi connectivity index (χ0v) is 6.74. The zero-order chi connectivity index (χ0) is 10.7. The number of aromatic nitrogens is 1. The fourth-order valence-electron chi connectivity index (χ4n) is 0.854. The van der Waals surface area contributed by atoms with E-state index in [1.807, 2.05) is 0 Å². The molecule has 0 unspecified atom stereocenters. The van der Waals surface area contributed by atoms with Crippen molar-refractivity contribution in [1.29, 1.82) is 5.26 Å². The molecule has 0 aliphatic rings. The third-order valence-corrected chi connectivity index (χ3v) is 1.48. The molecule has 1 aromatic rings. The van der Waals surface area contributed by atoms with E-state index in [-0.39, 0.29) is 5.56 Å². The van der Waals surface area contributed by atoms with Crippen LogP contribution in [0.25, 0.3) is 0 Å². The van der Waals surface area contributed by atoms with Crippen molar-refractivity contribution in [3.05, 3.63) is 29.1 Å². The Morgan fingerprint density at radius 3 is 2.64 bits per heavy atom. The Bertz CT molecular complexity index is 412. The minimum atomic E-state index is -2.81. The van der Waals surface area contributed by atoms with Gasteiger partial charge in [-0.05, 0) is 12.1 Å². The number of pyridine rings is 1. The highest BCUT2D eigenvalue weighted by molar-refractivity contribution is 5.89. The van der Waals surface area contributed by atoms with Crippen LogP contribution in [0.4, 0.5) is 8.78 Å². The number of hydrogen-bond donors (Lipinski definition) is 1. The van der Waals surface area contributed by atoms with Gasteiger partial charge in [0.25, 0.3) is 6.43 Å². The van der Waals surface area contributed by atoms with E-state index in [0.29, 0.717) is 0 Å². The molecule has 1 N–H and O–H groups in total. The van der Waals surface area contributed by atoms with Gasteiger partial charge < -0.3 is 5.11 Å². The van der Waals surface area contributed by atoms with Gasteiger partial charge in [0.15, 0.2) is 5.69 Å². The highest BCUT2D eigenvalue weighted by Crippen LogP contribution is 2.17. The second-order valence-corrected chi connectivity index (χ2v) is 2.35. The summed E-state index contributed by atoms with van der Waals surface area (Å²) in [6.07, 6.45) is -2.81. The first kappa shape index (κ1) is 10.1. The Labute approximate surface area is 77.4 Å². The van der Waals surface area contributed by atoms with Crippen LogP contribution in [0.3, 0.4) is 0 Å². The molecule has 0 bridgehead atoms. The van der Waals surface area contributed by atoms with Gasteiger partial charge in [0, 0.05) is 0 Å². The van der Waals surface area contributed by atoms with Crippen molar-refractivity contribution in [1.82, 2.24) is 4.98 Å². The molecule has 0 saturated carbocycles. The van der Waals surface area contributed by atoms with Crippen molar-refractivity contribution in [2.45, 2.75) is 6.43 Å². The molecular formula is C8H4F2N2O2. The lowest BCUT2D eigenvalue weighted by Gasteiger charge is -2.01. The molecule has 0 aromatic carbocycles. The third-order valence-electron chi connectivity index (χ3n) is 1.48. The van der Waals surface area contributed by atoms with E-state index in [9.17, 15) is 13.6 Å². The van der Waals surface area contributed by atoms with Crippen molar-refractivity contribution in [3.8, 4) is 6.07 Å². The van der Waals surface area contributed by atoms with Crippen molar-refractivity contribution in [3.63, 3.8) is 0 Å². The fourth-order valence-corrected chi connectivity index (χ4v) is 0.854. The number of carboxylic acids is 1. The van der Waals surface area contributed by atoms with Crippen molar-refractivity contribution < 1.29 is 18.7 Å². The van der Waals surface area contributed by atoms with Gasteiger partial charge in [-0.1, -0.05) is 0 Å². The number of alkyl halides is 2. The largest absolute Gasteiger partial charge is 0.478 e. The summed E-state index contributed by atoms with van der Waals surface area (Å²) >= 11 is 0. The van der Waals surface area contributed by atoms with Crippen LogP contribution < -0.4 is 0 Å². The number of halogens is 2. The summed E-state index contributed by atoms with van der Waals surface area (Å²) in [7, 11) is 0. The van der Waals surface area contributed by atoms with Crippen LogP contribution in [-0.2, 0) is 0 Å². The summed E-state index contributed by atoms with van der Waals surface area (Å²) in [5.41, 5.74) is -1.49. The summed E-state index contributed by atoms with van der Waals surface area (Å²) in [4.78, 5) is 13.7. The second kappa shape index (κ2) is 3.79. The van der Waals surface area contributed by atoms with Crippen LogP contribution in [-0.4, -0.2) is 16.1 Å². The second-order valence-electron chi connectivity index (χ2n) is 2.35. The Morgan fingerprint density at radius 1 is 1.57 bits per heavy atom. The predicted molar refractivity (Wildman–Crippen MR) is 40.9 cm³/mol. The number of carboxylic acid groups (broad SMARTS) is 1. The summed E-state index contributed by atoms with van der Waals surface area (Å²) in [5.74, 6) is -1.37. The van der Waals surface area contributed by atoms with Crippen molar-refractivity contribution >= 4 is 5.97 Å². The van der Waals surface area contributed by atoms with Gasteiger partial charge in [-0.15, -0.1) is 0 Å². The van der Waals surface area contributed by atoms with Crippen LogP contribution in [0.2, 0.25) is 0 Å². The molecule has 1 heterocycles. The van der Waals surface area contributed by atoms with Gasteiger partial charge in [-0.3, -0.25) is 0 Å². The van der Waals surface area contributed by atoms with Crippen molar-refractivity contribution in [2.24, 2.45) is 0 Å². The molecule has 0 atom stereocenters. The van der Waals surface area contributed by atoms with Gasteiger partial charge in [0.2, 0.25) is 0 Å².